The van der Waals surface area contributed by atoms with Crippen LogP contribution in [0.2, 0.25) is 0 Å². The van der Waals surface area contributed by atoms with Crippen molar-refractivity contribution in [3.8, 4) is 0 Å². The Morgan fingerprint density at radius 3 is 2.83 bits per heavy atom. The molecule has 1 aromatic heterocycles. The first-order chi connectivity index (χ1) is 8.48. The molecule has 18 heavy (non-hydrogen) atoms. The van der Waals surface area contributed by atoms with Gasteiger partial charge in [0.1, 0.15) is 0 Å². The minimum Gasteiger partial charge on any atom is -0.390 e. The molecule has 1 fully saturated rings. The van der Waals surface area contributed by atoms with Gasteiger partial charge in [0.15, 0.2) is 0 Å². The summed E-state index contributed by atoms with van der Waals surface area (Å²) >= 11 is 3.58. The zero-order chi connectivity index (χ0) is 13.3. The molecule has 2 unspecified atom stereocenters. The summed E-state index contributed by atoms with van der Waals surface area (Å²) in [5, 5.41) is 14.9. The van der Waals surface area contributed by atoms with Crippen molar-refractivity contribution < 1.29 is 9.84 Å². The number of rotatable bonds is 4. The fourth-order valence-corrected chi connectivity index (χ4v) is 3.28. The van der Waals surface area contributed by atoms with Gasteiger partial charge in [0, 0.05) is 20.1 Å². The number of aromatic nitrogens is 2. The molecule has 1 aromatic rings. The Bertz CT molecular complexity index is 425. The second kappa shape index (κ2) is 5.31. The maximum Gasteiger partial charge on any atom is 0.0916 e. The third-order valence-electron chi connectivity index (χ3n) is 3.84. The minimum atomic E-state index is -0.489. The highest BCUT2D eigenvalue weighted by atomic mass is 79.9. The van der Waals surface area contributed by atoms with E-state index in [1.54, 1.807) is 0 Å². The van der Waals surface area contributed by atoms with Crippen molar-refractivity contribution in [1.29, 1.82) is 0 Å². The average molecular weight is 317 g/mol. The fraction of sp³-hybridized carbons (Fsp3) is 0.769. The highest BCUT2D eigenvalue weighted by Gasteiger charge is 2.38. The first-order valence-corrected chi connectivity index (χ1v) is 7.29. The van der Waals surface area contributed by atoms with E-state index in [1.807, 2.05) is 18.7 Å². The minimum absolute atomic E-state index is 0.407. The normalized spacial score (nSPS) is 25.6. The van der Waals surface area contributed by atoms with Crippen LogP contribution >= 0.6 is 15.9 Å². The molecule has 0 saturated carbocycles. The molecule has 1 N–H and O–H groups in total. The molecule has 2 heterocycles. The number of hydrogen-bond donors (Lipinski definition) is 1. The Labute approximate surface area is 116 Å². The lowest BCUT2D eigenvalue weighted by molar-refractivity contribution is -0.0774. The van der Waals surface area contributed by atoms with Crippen LogP contribution < -0.4 is 0 Å². The van der Waals surface area contributed by atoms with E-state index in [1.165, 1.54) is 0 Å². The van der Waals surface area contributed by atoms with Gasteiger partial charge in [0.25, 0.3) is 0 Å². The van der Waals surface area contributed by atoms with Gasteiger partial charge in [0.2, 0.25) is 0 Å². The van der Waals surface area contributed by atoms with Gasteiger partial charge in [-0.05, 0) is 42.1 Å². The summed E-state index contributed by atoms with van der Waals surface area (Å²) in [7, 11) is 1.92. The third-order valence-corrected chi connectivity index (χ3v) is 4.76. The Morgan fingerprint density at radius 2 is 2.33 bits per heavy atom. The zero-order valence-corrected chi connectivity index (χ0v) is 12.8. The lowest BCUT2D eigenvalue weighted by atomic mass is 9.92. The summed E-state index contributed by atoms with van der Waals surface area (Å²) in [6.45, 7) is 4.82. The summed E-state index contributed by atoms with van der Waals surface area (Å²) in [5.41, 5.74) is 1.67. The number of halogens is 1. The molecule has 0 spiro atoms. The quantitative estimate of drug-likeness (QED) is 0.926. The first-order valence-electron chi connectivity index (χ1n) is 6.50. The summed E-state index contributed by atoms with van der Waals surface area (Å²) in [4.78, 5) is 0. The van der Waals surface area contributed by atoms with Gasteiger partial charge in [-0.15, -0.1) is 0 Å². The number of hydrogen-bond acceptors (Lipinski definition) is 3. The van der Waals surface area contributed by atoms with Crippen molar-refractivity contribution in [2.24, 2.45) is 7.05 Å². The van der Waals surface area contributed by atoms with Crippen LogP contribution in [0.25, 0.3) is 0 Å². The maximum atomic E-state index is 10.4. The van der Waals surface area contributed by atoms with E-state index in [9.17, 15) is 5.11 Å². The van der Waals surface area contributed by atoms with Crippen LogP contribution in [-0.2, 0) is 24.6 Å². The van der Waals surface area contributed by atoms with Crippen molar-refractivity contribution in [3.05, 3.63) is 15.9 Å². The maximum absolute atomic E-state index is 10.4. The standard InChI is InChI=1S/C13H21BrN2O2/c1-4-9-12(14)10(16(3)15-9)8-11(17)13(2)6-5-7-18-13/h11,17H,4-8H2,1-3H3. The Kier molecular flexibility index (Phi) is 4.14. The number of aliphatic hydroxyl groups excluding tert-OH is 1. The Hall–Kier alpha value is -0.390. The second-order valence-corrected chi connectivity index (χ2v) is 5.96. The number of aryl methyl sites for hydroxylation is 2. The second-order valence-electron chi connectivity index (χ2n) is 5.17. The first kappa shape index (κ1) is 14.0. The van der Waals surface area contributed by atoms with Gasteiger partial charge < -0.3 is 9.84 Å². The highest BCUT2D eigenvalue weighted by Crippen LogP contribution is 2.32. The van der Waals surface area contributed by atoms with E-state index >= 15 is 0 Å². The smallest absolute Gasteiger partial charge is 0.0916 e. The summed E-state index contributed by atoms with van der Waals surface area (Å²) in [6, 6.07) is 0. The molecule has 1 saturated heterocycles. The molecule has 2 rings (SSSR count). The molecule has 0 amide bonds. The molecule has 0 aromatic carbocycles. The molecule has 102 valence electrons. The molecule has 0 bridgehead atoms. The van der Waals surface area contributed by atoms with Crippen LogP contribution in [0, 0.1) is 0 Å². The monoisotopic (exact) mass is 316 g/mol. The molecule has 4 nitrogen and oxygen atoms in total. The number of aliphatic hydroxyl groups is 1. The van der Waals surface area contributed by atoms with Crippen molar-refractivity contribution in [1.82, 2.24) is 9.78 Å². The van der Waals surface area contributed by atoms with Gasteiger partial charge >= 0.3 is 0 Å². The average Bonchev–Trinajstić information content (AvgIpc) is 2.89. The number of ether oxygens (including phenoxy) is 1. The van der Waals surface area contributed by atoms with Gasteiger partial charge in [-0.25, -0.2) is 0 Å². The predicted molar refractivity (Wildman–Crippen MR) is 73.6 cm³/mol. The molecular formula is C13H21BrN2O2. The topological polar surface area (TPSA) is 47.3 Å². The van der Waals surface area contributed by atoms with Crippen molar-refractivity contribution in [3.63, 3.8) is 0 Å². The van der Waals surface area contributed by atoms with Crippen LogP contribution in [0.1, 0.15) is 38.1 Å². The van der Waals surface area contributed by atoms with E-state index in [-0.39, 0.29) is 0 Å². The van der Waals surface area contributed by atoms with Crippen molar-refractivity contribution in [2.75, 3.05) is 6.61 Å². The molecular weight excluding hydrogens is 296 g/mol. The summed E-state index contributed by atoms with van der Waals surface area (Å²) in [5.74, 6) is 0. The fourth-order valence-electron chi connectivity index (χ4n) is 2.50. The largest absolute Gasteiger partial charge is 0.390 e. The Morgan fingerprint density at radius 1 is 1.61 bits per heavy atom. The highest BCUT2D eigenvalue weighted by molar-refractivity contribution is 9.10. The van der Waals surface area contributed by atoms with Crippen LogP contribution in [0.4, 0.5) is 0 Å². The zero-order valence-electron chi connectivity index (χ0n) is 11.2. The number of nitrogens with zero attached hydrogens (tertiary/aromatic N) is 2. The van der Waals surface area contributed by atoms with E-state index < -0.39 is 11.7 Å². The lowest BCUT2D eigenvalue weighted by Crippen LogP contribution is -2.40. The van der Waals surface area contributed by atoms with Crippen LogP contribution in [0.15, 0.2) is 4.47 Å². The van der Waals surface area contributed by atoms with Crippen molar-refractivity contribution in [2.45, 2.75) is 51.2 Å². The molecule has 1 aliphatic rings. The van der Waals surface area contributed by atoms with E-state index in [4.69, 9.17) is 4.74 Å². The molecule has 5 heteroatoms. The molecule has 0 aliphatic carbocycles. The summed E-state index contributed by atoms with van der Waals surface area (Å²) in [6.07, 6.45) is 2.92. The molecule has 0 radical (unpaired) electrons. The van der Waals surface area contributed by atoms with E-state index in [0.29, 0.717) is 6.42 Å². The van der Waals surface area contributed by atoms with Gasteiger partial charge in [-0.2, -0.15) is 5.10 Å². The van der Waals surface area contributed by atoms with Crippen LogP contribution in [0.3, 0.4) is 0 Å². The SMILES string of the molecule is CCc1nn(C)c(CC(O)C2(C)CCCO2)c1Br. The van der Waals surface area contributed by atoms with Gasteiger partial charge in [0.05, 0.1) is 27.6 Å². The van der Waals surface area contributed by atoms with Gasteiger partial charge in [-0.3, -0.25) is 4.68 Å². The molecule has 1 aliphatic heterocycles. The van der Waals surface area contributed by atoms with E-state index in [2.05, 4.69) is 28.0 Å². The molecule has 2 atom stereocenters. The predicted octanol–water partition coefficient (Wildman–Crippen LogP) is 2.22. The third kappa shape index (κ3) is 2.49. The van der Waals surface area contributed by atoms with Crippen molar-refractivity contribution >= 4 is 15.9 Å². The Balaban J connectivity index is 2.16. The van der Waals surface area contributed by atoms with Gasteiger partial charge in [-0.1, -0.05) is 6.92 Å². The van der Waals surface area contributed by atoms with Crippen LogP contribution in [0.5, 0.6) is 0 Å². The van der Waals surface area contributed by atoms with Crippen LogP contribution in [-0.4, -0.2) is 33.2 Å². The lowest BCUT2D eigenvalue weighted by Gasteiger charge is -2.29. The van der Waals surface area contributed by atoms with E-state index in [0.717, 1.165) is 41.7 Å². The summed E-state index contributed by atoms with van der Waals surface area (Å²) < 4.78 is 8.57.